The van der Waals surface area contributed by atoms with Crippen LogP contribution in [0, 0.1) is 18.8 Å². The molecule has 0 aliphatic carbocycles. The Balaban J connectivity index is 1.57. The van der Waals surface area contributed by atoms with Gasteiger partial charge in [0, 0.05) is 37.0 Å². The molecule has 3 fully saturated rings. The molecule has 1 N–H and O–H groups in total. The summed E-state index contributed by atoms with van der Waals surface area (Å²) in [6, 6.07) is 7.46. The largest absolute Gasteiger partial charge is 0.496 e. The topological polar surface area (TPSA) is 33.7 Å². The van der Waals surface area contributed by atoms with Crippen LogP contribution in [0.1, 0.15) is 23.6 Å². The first-order valence-electron chi connectivity index (χ1n) is 8.46. The zero-order valence-corrected chi connectivity index (χ0v) is 13.5. The van der Waals surface area contributed by atoms with Crippen molar-refractivity contribution in [3.05, 3.63) is 29.3 Å². The highest BCUT2D eigenvalue weighted by Crippen LogP contribution is 2.38. The number of ether oxygens (including phenoxy) is 2. The van der Waals surface area contributed by atoms with Crippen LogP contribution in [0.3, 0.4) is 0 Å². The van der Waals surface area contributed by atoms with E-state index in [0.717, 1.165) is 37.3 Å². The first kappa shape index (κ1) is 14.5. The average molecular weight is 302 g/mol. The molecular formula is C18H26N2O2. The summed E-state index contributed by atoms with van der Waals surface area (Å²) in [4.78, 5) is 2.71. The number of nitrogens with one attached hydrogen (secondary N) is 1. The number of fused-ring (bicyclic) bond motifs is 1. The highest BCUT2D eigenvalue weighted by atomic mass is 16.5. The Bertz CT molecular complexity index is 536. The lowest BCUT2D eigenvalue weighted by Gasteiger charge is -2.31. The van der Waals surface area contributed by atoms with Crippen LogP contribution in [0.25, 0.3) is 0 Å². The second kappa shape index (κ2) is 5.84. The van der Waals surface area contributed by atoms with Crippen LogP contribution in [-0.2, 0) is 4.74 Å². The third kappa shape index (κ3) is 2.34. The summed E-state index contributed by atoms with van der Waals surface area (Å²) in [5, 5.41) is 3.73. The number of rotatable bonds is 3. The number of methoxy groups -OCH3 is 1. The summed E-state index contributed by atoms with van der Waals surface area (Å²) >= 11 is 0. The van der Waals surface area contributed by atoms with Gasteiger partial charge in [-0.3, -0.25) is 4.90 Å². The van der Waals surface area contributed by atoms with E-state index in [1.165, 1.54) is 30.6 Å². The Morgan fingerprint density at radius 1 is 1.23 bits per heavy atom. The fourth-order valence-corrected chi connectivity index (χ4v) is 4.58. The lowest BCUT2D eigenvalue weighted by molar-refractivity contribution is 0.134. The van der Waals surface area contributed by atoms with E-state index < -0.39 is 0 Å². The maximum Gasteiger partial charge on any atom is 0.122 e. The first-order valence-corrected chi connectivity index (χ1v) is 8.46. The van der Waals surface area contributed by atoms with E-state index in [2.05, 4.69) is 35.3 Å². The minimum absolute atomic E-state index is 0.426. The van der Waals surface area contributed by atoms with Crippen molar-refractivity contribution in [1.82, 2.24) is 10.2 Å². The molecule has 1 aromatic rings. The summed E-state index contributed by atoms with van der Waals surface area (Å²) in [5.74, 6) is 2.51. The lowest BCUT2D eigenvalue weighted by atomic mass is 9.95. The van der Waals surface area contributed by atoms with Crippen LogP contribution in [0.5, 0.6) is 5.75 Å². The standard InChI is InChI=1S/C18H26N2O2/c1-12-15(4-3-5-17(12)21-2)18-16(6-7-19-18)20-8-13-10-22-11-14(13)9-20/h3-5,13-14,16,18-19H,6-11H2,1-2H3/t13?,14?,16-,18-/m0/s1. The predicted molar refractivity (Wildman–Crippen MR) is 86.3 cm³/mol. The fourth-order valence-electron chi connectivity index (χ4n) is 4.58. The van der Waals surface area contributed by atoms with Crippen molar-refractivity contribution in [2.45, 2.75) is 25.4 Å². The number of hydrogen-bond donors (Lipinski definition) is 1. The second-order valence-corrected chi connectivity index (χ2v) is 6.97. The van der Waals surface area contributed by atoms with Crippen LogP contribution in [0.15, 0.2) is 18.2 Å². The molecule has 4 rings (SSSR count). The first-order chi connectivity index (χ1) is 10.8. The molecule has 3 saturated heterocycles. The van der Waals surface area contributed by atoms with E-state index in [9.17, 15) is 0 Å². The summed E-state index contributed by atoms with van der Waals surface area (Å²) in [7, 11) is 1.76. The van der Waals surface area contributed by atoms with Gasteiger partial charge in [0.1, 0.15) is 5.75 Å². The smallest absolute Gasteiger partial charge is 0.122 e. The average Bonchev–Trinajstić information content (AvgIpc) is 3.22. The maximum absolute atomic E-state index is 5.62. The third-order valence-electron chi connectivity index (χ3n) is 5.81. The molecule has 0 bridgehead atoms. The molecule has 3 aliphatic rings. The molecule has 0 aromatic heterocycles. The van der Waals surface area contributed by atoms with Crippen molar-refractivity contribution in [2.75, 3.05) is 40.0 Å². The van der Waals surface area contributed by atoms with Crippen molar-refractivity contribution >= 4 is 0 Å². The highest BCUT2D eigenvalue weighted by Gasteiger charge is 2.43. The summed E-state index contributed by atoms with van der Waals surface area (Å²) in [5.41, 5.74) is 2.67. The van der Waals surface area contributed by atoms with Crippen LogP contribution < -0.4 is 10.1 Å². The normalized spacial score (nSPS) is 35.0. The van der Waals surface area contributed by atoms with Crippen molar-refractivity contribution in [3.8, 4) is 5.75 Å². The molecule has 22 heavy (non-hydrogen) atoms. The summed E-state index contributed by atoms with van der Waals surface area (Å²) < 4.78 is 11.1. The molecule has 3 heterocycles. The van der Waals surface area contributed by atoms with Crippen LogP contribution >= 0.6 is 0 Å². The fraction of sp³-hybridized carbons (Fsp3) is 0.667. The molecule has 4 atom stereocenters. The molecule has 3 aliphatic heterocycles. The van der Waals surface area contributed by atoms with E-state index >= 15 is 0 Å². The van der Waals surface area contributed by atoms with Gasteiger partial charge in [0.15, 0.2) is 0 Å². The Hall–Kier alpha value is -1.10. The van der Waals surface area contributed by atoms with E-state index in [-0.39, 0.29) is 0 Å². The molecule has 4 heteroatoms. The van der Waals surface area contributed by atoms with E-state index in [1.54, 1.807) is 7.11 Å². The van der Waals surface area contributed by atoms with Gasteiger partial charge in [-0.1, -0.05) is 12.1 Å². The quantitative estimate of drug-likeness (QED) is 0.926. The second-order valence-electron chi connectivity index (χ2n) is 6.97. The molecule has 0 radical (unpaired) electrons. The number of hydrogen-bond acceptors (Lipinski definition) is 4. The Morgan fingerprint density at radius 3 is 2.73 bits per heavy atom. The summed E-state index contributed by atoms with van der Waals surface area (Å²) in [6.45, 7) is 7.62. The molecule has 0 spiro atoms. The molecule has 2 unspecified atom stereocenters. The summed E-state index contributed by atoms with van der Waals surface area (Å²) in [6.07, 6.45) is 1.24. The third-order valence-corrected chi connectivity index (χ3v) is 5.81. The molecule has 4 nitrogen and oxygen atoms in total. The molecule has 0 saturated carbocycles. The number of benzene rings is 1. The van der Waals surface area contributed by atoms with E-state index in [4.69, 9.17) is 9.47 Å². The van der Waals surface area contributed by atoms with Crippen LogP contribution in [0.2, 0.25) is 0 Å². The minimum Gasteiger partial charge on any atom is -0.496 e. The van der Waals surface area contributed by atoms with Crippen LogP contribution in [-0.4, -0.2) is 50.9 Å². The van der Waals surface area contributed by atoms with Gasteiger partial charge in [0.25, 0.3) is 0 Å². The van der Waals surface area contributed by atoms with Gasteiger partial charge in [-0.15, -0.1) is 0 Å². The van der Waals surface area contributed by atoms with Crippen molar-refractivity contribution in [2.24, 2.45) is 11.8 Å². The zero-order valence-electron chi connectivity index (χ0n) is 13.5. The van der Waals surface area contributed by atoms with E-state index in [0.29, 0.717) is 12.1 Å². The van der Waals surface area contributed by atoms with E-state index in [1.807, 2.05) is 0 Å². The Kier molecular flexibility index (Phi) is 3.84. The maximum atomic E-state index is 5.62. The van der Waals surface area contributed by atoms with Gasteiger partial charge in [-0.2, -0.15) is 0 Å². The zero-order chi connectivity index (χ0) is 15.1. The lowest BCUT2D eigenvalue weighted by Crippen LogP contribution is -2.38. The number of nitrogens with zero attached hydrogens (tertiary/aromatic N) is 1. The Morgan fingerprint density at radius 2 is 2.00 bits per heavy atom. The molecular weight excluding hydrogens is 276 g/mol. The monoisotopic (exact) mass is 302 g/mol. The SMILES string of the molecule is COc1cccc([C@@H]2NCC[C@@H]2N2CC3COCC3C2)c1C. The van der Waals surface area contributed by atoms with Gasteiger partial charge in [-0.05, 0) is 37.1 Å². The van der Waals surface area contributed by atoms with Gasteiger partial charge >= 0.3 is 0 Å². The number of likely N-dealkylation sites (tertiary alicyclic amines) is 1. The van der Waals surface area contributed by atoms with Crippen molar-refractivity contribution < 1.29 is 9.47 Å². The predicted octanol–water partition coefficient (Wildman–Crippen LogP) is 1.98. The van der Waals surface area contributed by atoms with Gasteiger partial charge in [0.05, 0.1) is 20.3 Å². The van der Waals surface area contributed by atoms with Crippen molar-refractivity contribution in [1.29, 1.82) is 0 Å². The Labute approximate surface area is 132 Å². The van der Waals surface area contributed by atoms with Gasteiger partial charge in [0.2, 0.25) is 0 Å². The van der Waals surface area contributed by atoms with Crippen LogP contribution in [0.4, 0.5) is 0 Å². The van der Waals surface area contributed by atoms with Gasteiger partial charge in [-0.25, -0.2) is 0 Å². The molecule has 0 amide bonds. The molecule has 1 aromatic carbocycles. The van der Waals surface area contributed by atoms with Crippen molar-refractivity contribution in [3.63, 3.8) is 0 Å². The highest BCUT2D eigenvalue weighted by molar-refractivity contribution is 5.41. The van der Waals surface area contributed by atoms with Gasteiger partial charge < -0.3 is 14.8 Å². The molecule has 120 valence electrons. The minimum atomic E-state index is 0.426.